The van der Waals surface area contributed by atoms with E-state index in [0.717, 1.165) is 134 Å². The molecule has 548 valence electrons. The largest absolute Gasteiger partial charge is 0.495 e. The Morgan fingerprint density at radius 1 is 0.347 bits per heavy atom. The van der Waals surface area contributed by atoms with Crippen LogP contribution in [0.5, 0.6) is 0 Å². The SMILES string of the molecule is CCCCCCCC(CCCCCC)CCOCC(CC)(COC(=O)CC1CCC(CC2CCC(CC(=O)OC)CC2)CC1)COC(=O)CC1CCC(CC2CCC(CC(=O)O[Si](C)(C)O[Si](C)(C)OC(=O)CC3CCC(CC4CCC(CC(=O)OC)CC4)CC3)CC2)CC1. The van der Waals surface area contributed by atoms with Gasteiger partial charge in [-0.3, -0.25) is 28.8 Å². The van der Waals surface area contributed by atoms with Crippen LogP contribution in [0.25, 0.3) is 0 Å². The highest BCUT2D eigenvalue weighted by molar-refractivity contribution is 6.80. The maximum atomic E-state index is 13.8. The Balaban J connectivity index is 0.867. The minimum atomic E-state index is -2.92. The van der Waals surface area contributed by atoms with E-state index in [4.69, 9.17) is 36.7 Å². The molecule has 95 heavy (non-hydrogen) atoms. The van der Waals surface area contributed by atoms with Crippen molar-refractivity contribution in [2.75, 3.05) is 40.6 Å². The fourth-order valence-corrected chi connectivity index (χ4v) is 24.5. The molecule has 0 aromatic heterocycles. The average Bonchev–Trinajstić information content (AvgIpc) is 3.36. The third-order valence-electron chi connectivity index (χ3n) is 24.3. The van der Waals surface area contributed by atoms with Gasteiger partial charge >= 0.3 is 41.0 Å². The number of carbonyl (C=O) groups is 6. The summed E-state index contributed by atoms with van der Waals surface area (Å²) in [7, 11) is -2.86. The van der Waals surface area contributed by atoms with Gasteiger partial charge in [0.1, 0.15) is 13.2 Å². The molecule has 0 amide bonds. The third-order valence-corrected chi connectivity index (χ3v) is 29.7. The summed E-state index contributed by atoms with van der Waals surface area (Å²) < 4.78 is 47.5. The number of ether oxygens (including phenoxy) is 5. The summed E-state index contributed by atoms with van der Waals surface area (Å²) in [5.41, 5.74) is -0.603. The monoisotopic (exact) mass is 1370 g/mol. The maximum Gasteiger partial charge on any atom is 0.387 e. The third kappa shape index (κ3) is 32.6. The van der Waals surface area contributed by atoms with Crippen molar-refractivity contribution >= 4 is 52.9 Å². The Kier molecular flexibility index (Phi) is 37.4. The van der Waals surface area contributed by atoms with Gasteiger partial charge in [0.05, 0.1) is 26.2 Å². The van der Waals surface area contributed by atoms with Gasteiger partial charge in [0, 0.05) is 45.1 Å². The molecule has 6 fully saturated rings. The van der Waals surface area contributed by atoms with Crippen molar-refractivity contribution in [2.45, 2.75) is 342 Å². The second-order valence-corrected chi connectivity index (χ2v) is 40.0. The minimum absolute atomic E-state index is 0.0832. The van der Waals surface area contributed by atoms with E-state index in [0.29, 0.717) is 123 Å². The Morgan fingerprint density at radius 2 is 0.621 bits per heavy atom. The van der Waals surface area contributed by atoms with Crippen molar-refractivity contribution in [3.63, 3.8) is 0 Å². The molecule has 2 atom stereocenters. The van der Waals surface area contributed by atoms with Crippen molar-refractivity contribution < 1.29 is 65.4 Å². The summed E-state index contributed by atoms with van der Waals surface area (Å²) >= 11 is 0. The van der Waals surface area contributed by atoms with Crippen LogP contribution in [0.3, 0.4) is 0 Å². The average molecular weight is 1370 g/mol. The van der Waals surface area contributed by atoms with Gasteiger partial charge in [0.15, 0.2) is 0 Å². The van der Waals surface area contributed by atoms with Crippen LogP contribution in [0.15, 0.2) is 0 Å². The predicted molar refractivity (Wildman–Crippen MR) is 382 cm³/mol. The van der Waals surface area contributed by atoms with Gasteiger partial charge < -0.3 is 36.7 Å². The molecule has 6 aliphatic rings. The van der Waals surface area contributed by atoms with Crippen LogP contribution in [0.1, 0.15) is 316 Å². The number of esters is 4. The Hall–Kier alpha value is -2.83. The predicted octanol–water partition coefficient (Wildman–Crippen LogP) is 20.0. The lowest BCUT2D eigenvalue weighted by Crippen LogP contribution is -2.50. The van der Waals surface area contributed by atoms with Crippen molar-refractivity contribution in [2.24, 2.45) is 82.3 Å². The highest BCUT2D eigenvalue weighted by Crippen LogP contribution is 2.44. The smallest absolute Gasteiger partial charge is 0.387 e. The molecule has 6 saturated carbocycles. The zero-order chi connectivity index (χ0) is 68.5. The van der Waals surface area contributed by atoms with E-state index in [1.165, 1.54) is 143 Å². The van der Waals surface area contributed by atoms with Crippen LogP contribution < -0.4 is 0 Å². The van der Waals surface area contributed by atoms with E-state index < -0.39 is 22.5 Å². The maximum absolute atomic E-state index is 13.8. The molecule has 6 rings (SSSR count). The van der Waals surface area contributed by atoms with Crippen LogP contribution in [0.2, 0.25) is 26.2 Å². The second kappa shape index (κ2) is 43.8. The van der Waals surface area contributed by atoms with Crippen LogP contribution in [-0.2, 0) is 65.4 Å². The lowest BCUT2D eigenvalue weighted by Gasteiger charge is -2.35. The molecular formula is C79H140O14Si2. The van der Waals surface area contributed by atoms with E-state index in [-0.39, 0.29) is 49.0 Å². The number of rotatable bonds is 43. The summed E-state index contributed by atoms with van der Waals surface area (Å²) in [5.74, 6) is 6.26. The van der Waals surface area contributed by atoms with Crippen molar-refractivity contribution in [1.29, 1.82) is 0 Å². The zero-order valence-corrected chi connectivity index (χ0v) is 64.1. The van der Waals surface area contributed by atoms with Crippen molar-refractivity contribution in [3.05, 3.63) is 0 Å². The molecule has 6 aliphatic carbocycles. The molecule has 0 N–H and O–H groups in total. The molecule has 0 aromatic carbocycles. The van der Waals surface area contributed by atoms with Crippen LogP contribution in [-0.4, -0.2) is 93.6 Å². The Labute approximate surface area is 580 Å². The lowest BCUT2D eigenvalue weighted by atomic mass is 9.72. The second-order valence-electron chi connectivity index (χ2n) is 33.2. The molecular weight excluding hydrogens is 1230 g/mol. The zero-order valence-electron chi connectivity index (χ0n) is 62.1. The van der Waals surface area contributed by atoms with Gasteiger partial charge in [-0.1, -0.05) is 168 Å². The molecule has 0 radical (unpaired) electrons. The Morgan fingerprint density at radius 3 is 0.916 bits per heavy atom. The summed E-state index contributed by atoms with van der Waals surface area (Å²) in [5, 5.41) is 0. The van der Waals surface area contributed by atoms with Crippen LogP contribution >= 0.6 is 0 Å². The normalized spacial score (nSPS) is 27.9. The van der Waals surface area contributed by atoms with Gasteiger partial charge in [-0.25, -0.2) is 0 Å². The fraction of sp³-hybridized carbons (Fsp3) is 0.924. The Bertz CT molecular complexity index is 2180. The number of hydrogen-bond donors (Lipinski definition) is 0. The molecule has 0 aliphatic heterocycles. The van der Waals surface area contributed by atoms with Gasteiger partial charge in [0.2, 0.25) is 0 Å². The summed E-state index contributed by atoms with van der Waals surface area (Å²) in [4.78, 5) is 77.8. The number of methoxy groups -OCH3 is 2. The van der Waals surface area contributed by atoms with Crippen LogP contribution in [0, 0.1) is 82.3 Å². The fourth-order valence-electron chi connectivity index (χ4n) is 18.2. The van der Waals surface area contributed by atoms with Crippen LogP contribution in [0.4, 0.5) is 0 Å². The highest BCUT2D eigenvalue weighted by Gasteiger charge is 2.43. The molecule has 0 spiro atoms. The molecule has 0 aromatic rings. The highest BCUT2D eigenvalue weighted by atomic mass is 28.5. The van der Waals surface area contributed by atoms with Gasteiger partial charge in [0.25, 0.3) is 11.9 Å². The first-order valence-electron chi connectivity index (χ1n) is 39.8. The molecule has 14 nitrogen and oxygen atoms in total. The van der Waals surface area contributed by atoms with Crippen molar-refractivity contribution in [3.8, 4) is 0 Å². The summed E-state index contributed by atoms with van der Waals surface area (Å²) in [6, 6.07) is 0. The topological polar surface area (TPSA) is 176 Å². The molecule has 0 heterocycles. The van der Waals surface area contributed by atoms with Gasteiger partial charge in [-0.2, -0.15) is 0 Å². The molecule has 16 heteroatoms. The van der Waals surface area contributed by atoms with Gasteiger partial charge in [-0.05, 0) is 212 Å². The quantitative estimate of drug-likeness (QED) is 0.0244. The first kappa shape index (κ1) is 81.1. The summed E-state index contributed by atoms with van der Waals surface area (Å²) in [6.45, 7) is 15.7. The molecule has 0 bridgehead atoms. The van der Waals surface area contributed by atoms with E-state index in [1.807, 2.05) is 26.2 Å². The standard InChI is InChI=1S/C79H140O14Si2/c1-10-13-15-17-19-21-60(20-18-16-14-11-2)46-47-88-57-79(12-3,58-89-75(82)53-69-38-26-63(27-39-69)48-61-22-34-67(35-23-61)51-73(80)86-4)59-90-76(83)54-70-40-28-64(29-41-70)50-66-32-44-72(45-33-66)56-78(85)92-95(8,9)93-94(6,7)91-77(84)55-71-42-30-65(31-43-71)49-62-24-36-68(37-25-62)52-74(81)87-5/h60-72H,10-59H2,1-9H3. The van der Waals surface area contributed by atoms with E-state index in [1.54, 1.807) is 0 Å². The number of unbranched alkanes of at least 4 members (excludes halogenated alkanes) is 7. The number of carbonyl (C=O) groups excluding carboxylic acids is 6. The van der Waals surface area contributed by atoms with E-state index in [2.05, 4.69) is 20.8 Å². The first-order valence-corrected chi connectivity index (χ1v) is 45.4. The lowest BCUT2D eigenvalue weighted by molar-refractivity contribution is -0.159. The molecule has 0 saturated heterocycles. The number of hydrogen-bond acceptors (Lipinski definition) is 14. The molecule has 2 unspecified atom stereocenters. The van der Waals surface area contributed by atoms with E-state index >= 15 is 0 Å². The summed E-state index contributed by atoms with van der Waals surface area (Å²) in [6.07, 6.45) is 49.2. The van der Waals surface area contributed by atoms with Gasteiger partial charge in [-0.15, -0.1) is 0 Å². The first-order chi connectivity index (χ1) is 45.6. The van der Waals surface area contributed by atoms with Crippen molar-refractivity contribution in [1.82, 2.24) is 0 Å². The van der Waals surface area contributed by atoms with E-state index in [9.17, 15) is 28.8 Å². The minimum Gasteiger partial charge on any atom is -0.495 e.